The topological polar surface area (TPSA) is 112 Å². The minimum atomic E-state index is -0.907. The molecule has 5 rings (SSSR count). The monoisotopic (exact) mass is 577 g/mol. The fourth-order valence-electron chi connectivity index (χ4n) is 4.90. The Bertz CT molecular complexity index is 1770. The smallest absolute Gasteiger partial charge is 0.411 e. The molecule has 1 aliphatic heterocycles. The van der Waals surface area contributed by atoms with Gasteiger partial charge >= 0.3 is 6.09 Å². The van der Waals surface area contributed by atoms with E-state index in [1.807, 2.05) is 0 Å². The first-order chi connectivity index (χ1) is 20.0. The van der Waals surface area contributed by atoms with Crippen LogP contribution in [0.15, 0.2) is 41.5 Å². The lowest BCUT2D eigenvalue weighted by molar-refractivity contribution is 0.0158. The van der Waals surface area contributed by atoms with Crippen molar-refractivity contribution in [2.24, 2.45) is 0 Å². The molecular weight excluding hydrogens is 548 g/mol. The minimum Gasteiger partial charge on any atom is -0.490 e. The van der Waals surface area contributed by atoms with Crippen LogP contribution in [0.1, 0.15) is 32.5 Å². The van der Waals surface area contributed by atoms with Crippen molar-refractivity contribution in [2.45, 2.75) is 39.0 Å². The molecule has 1 N–H and O–H groups in total. The number of rotatable bonds is 6. The van der Waals surface area contributed by atoms with Gasteiger partial charge in [0.2, 0.25) is 0 Å². The molecule has 218 valence electrons. The van der Waals surface area contributed by atoms with Crippen molar-refractivity contribution < 1.29 is 27.8 Å². The average molecular weight is 578 g/mol. The van der Waals surface area contributed by atoms with Crippen LogP contribution in [0.3, 0.4) is 0 Å². The molecular formula is C30H29F2N5O5. The second kappa shape index (κ2) is 11.3. The second-order valence-electron chi connectivity index (χ2n) is 10.6. The Balaban J connectivity index is 1.71. The summed E-state index contributed by atoms with van der Waals surface area (Å²) >= 11 is 0. The number of nitrogens with one attached hydrogen (secondary N) is 1. The molecule has 3 aromatic heterocycles. The van der Waals surface area contributed by atoms with Crippen molar-refractivity contribution in [3.63, 3.8) is 0 Å². The molecule has 12 heteroatoms. The molecule has 0 saturated carbocycles. The third-order valence-electron chi connectivity index (χ3n) is 6.64. The molecule has 10 nitrogen and oxygen atoms in total. The zero-order valence-corrected chi connectivity index (χ0v) is 23.5. The molecule has 0 spiro atoms. The first kappa shape index (κ1) is 28.8. The third kappa shape index (κ3) is 5.43. The van der Waals surface area contributed by atoms with Gasteiger partial charge in [0.1, 0.15) is 41.3 Å². The summed E-state index contributed by atoms with van der Waals surface area (Å²) in [6.45, 7) is 6.00. The van der Waals surface area contributed by atoms with Gasteiger partial charge in [0, 0.05) is 49.1 Å². The van der Waals surface area contributed by atoms with Crippen LogP contribution >= 0.6 is 0 Å². The number of pyridine rings is 2. The second-order valence-corrected chi connectivity index (χ2v) is 10.6. The molecule has 0 aliphatic carbocycles. The summed E-state index contributed by atoms with van der Waals surface area (Å²) in [7, 11) is 1.48. The number of fused-ring (bicyclic) bond motifs is 2. The van der Waals surface area contributed by atoms with E-state index in [-0.39, 0.29) is 53.4 Å². The number of aromatic amines is 1. The fourth-order valence-corrected chi connectivity index (χ4v) is 4.90. The number of methoxy groups -OCH3 is 1. The number of halogens is 2. The highest BCUT2D eigenvalue weighted by Gasteiger charge is 2.35. The summed E-state index contributed by atoms with van der Waals surface area (Å²) < 4.78 is 48.0. The van der Waals surface area contributed by atoms with E-state index in [0.29, 0.717) is 17.6 Å². The Morgan fingerprint density at radius 2 is 1.95 bits per heavy atom. The molecule has 0 fully saturated rings. The highest BCUT2D eigenvalue weighted by atomic mass is 19.1. The molecule has 0 unspecified atom stereocenters. The SMILES string of the molecule is C#C[C@@H]1c2cc(-c3[nH]c(=O)c4cnccc4c3-c3c(F)cc(F)cc3OCCOC)nn2CCN1C(=O)OC(C)(C)C. The molecule has 1 atom stereocenters. The number of terminal acetylenes is 1. The van der Waals surface area contributed by atoms with E-state index in [4.69, 9.17) is 20.6 Å². The number of nitrogens with zero attached hydrogens (tertiary/aromatic N) is 4. The van der Waals surface area contributed by atoms with Crippen LogP contribution in [0.5, 0.6) is 5.75 Å². The Kier molecular flexibility index (Phi) is 7.71. The molecule has 1 aliphatic rings. The predicted molar refractivity (Wildman–Crippen MR) is 151 cm³/mol. The lowest BCUT2D eigenvalue weighted by atomic mass is 9.95. The number of ether oxygens (including phenoxy) is 3. The lowest BCUT2D eigenvalue weighted by Gasteiger charge is -2.34. The number of H-pyrrole nitrogens is 1. The zero-order chi connectivity index (χ0) is 30.2. The maximum Gasteiger partial charge on any atom is 0.411 e. The van der Waals surface area contributed by atoms with Crippen molar-refractivity contribution in [3.05, 3.63) is 64.3 Å². The molecule has 1 amide bonds. The first-order valence-corrected chi connectivity index (χ1v) is 13.2. The Labute approximate surface area is 240 Å². The van der Waals surface area contributed by atoms with Crippen molar-refractivity contribution in [3.8, 4) is 40.6 Å². The molecule has 4 aromatic rings. The van der Waals surface area contributed by atoms with Gasteiger partial charge in [0.05, 0.1) is 35.5 Å². The van der Waals surface area contributed by atoms with Gasteiger partial charge in [-0.1, -0.05) is 5.92 Å². The highest BCUT2D eigenvalue weighted by Crippen LogP contribution is 2.42. The number of carbonyl (C=O) groups is 1. The summed E-state index contributed by atoms with van der Waals surface area (Å²) in [5, 5.41) is 5.21. The van der Waals surface area contributed by atoms with Gasteiger partial charge in [0.25, 0.3) is 5.56 Å². The van der Waals surface area contributed by atoms with E-state index in [1.54, 1.807) is 37.6 Å². The van der Waals surface area contributed by atoms with Crippen LogP contribution < -0.4 is 10.3 Å². The molecule has 0 bridgehead atoms. The van der Waals surface area contributed by atoms with Crippen molar-refractivity contribution in [2.75, 3.05) is 26.9 Å². The van der Waals surface area contributed by atoms with E-state index < -0.39 is 34.9 Å². The third-order valence-corrected chi connectivity index (χ3v) is 6.64. The van der Waals surface area contributed by atoms with E-state index in [9.17, 15) is 14.0 Å². The first-order valence-electron chi connectivity index (χ1n) is 13.2. The van der Waals surface area contributed by atoms with E-state index >= 15 is 4.39 Å². The summed E-state index contributed by atoms with van der Waals surface area (Å²) in [6, 6.07) is 4.20. The average Bonchev–Trinajstić information content (AvgIpc) is 3.36. The van der Waals surface area contributed by atoms with Crippen molar-refractivity contribution in [1.82, 2.24) is 24.6 Å². The highest BCUT2D eigenvalue weighted by molar-refractivity contribution is 6.03. The van der Waals surface area contributed by atoms with Crippen molar-refractivity contribution in [1.29, 1.82) is 0 Å². The molecule has 42 heavy (non-hydrogen) atoms. The molecule has 0 saturated heterocycles. The van der Waals surface area contributed by atoms with Gasteiger partial charge < -0.3 is 19.2 Å². The number of hydrogen-bond donors (Lipinski definition) is 1. The van der Waals surface area contributed by atoms with Gasteiger partial charge in [-0.05, 0) is 32.9 Å². The maximum atomic E-state index is 15.7. The van der Waals surface area contributed by atoms with Gasteiger partial charge in [0.15, 0.2) is 0 Å². The van der Waals surface area contributed by atoms with Crippen LogP contribution in [-0.4, -0.2) is 63.2 Å². The van der Waals surface area contributed by atoms with Gasteiger partial charge in [-0.2, -0.15) is 5.10 Å². The van der Waals surface area contributed by atoms with Gasteiger partial charge in [-0.3, -0.25) is 19.4 Å². The van der Waals surface area contributed by atoms with Gasteiger partial charge in [-0.15, -0.1) is 6.42 Å². The zero-order valence-electron chi connectivity index (χ0n) is 23.5. The van der Waals surface area contributed by atoms with Crippen LogP contribution in [-0.2, 0) is 16.0 Å². The van der Waals surface area contributed by atoms with Gasteiger partial charge in [-0.25, -0.2) is 13.6 Å². The van der Waals surface area contributed by atoms with E-state index in [0.717, 1.165) is 12.1 Å². The van der Waals surface area contributed by atoms with E-state index in [2.05, 4.69) is 21.0 Å². The number of benzene rings is 1. The van der Waals surface area contributed by atoms with E-state index in [1.165, 1.54) is 24.4 Å². The quantitative estimate of drug-likeness (QED) is 0.262. The Morgan fingerprint density at radius 3 is 2.67 bits per heavy atom. The Morgan fingerprint density at radius 1 is 1.17 bits per heavy atom. The van der Waals surface area contributed by atoms with Crippen LogP contribution in [0, 0.1) is 24.0 Å². The fraction of sp³-hybridized carbons (Fsp3) is 0.333. The largest absolute Gasteiger partial charge is 0.490 e. The number of amides is 1. The standard InChI is InChI=1S/C30H29F2N5O5/c1-6-22-23-15-21(35-37(23)10-9-36(22)29(39)42-30(2,3)4)27-25(18-7-8-33-16-19(18)28(38)34-27)26-20(32)13-17(31)14-24(26)41-12-11-40-5/h1,7-8,13-16,22H,9-12H2,2-5H3,(H,34,38)/t22-/m1/s1. The van der Waals surface area contributed by atoms with Crippen LogP contribution in [0.2, 0.25) is 0 Å². The predicted octanol–water partition coefficient (Wildman–Crippen LogP) is 4.68. The molecule has 0 radical (unpaired) electrons. The summed E-state index contributed by atoms with van der Waals surface area (Å²) in [5.74, 6) is 0.804. The van der Waals surface area contributed by atoms with Crippen molar-refractivity contribution >= 4 is 16.9 Å². The summed E-state index contributed by atoms with van der Waals surface area (Å²) in [6.07, 6.45) is 8.13. The summed E-state index contributed by atoms with van der Waals surface area (Å²) in [4.78, 5) is 34.4. The summed E-state index contributed by atoms with van der Waals surface area (Å²) in [5.41, 5.74) is -0.164. The van der Waals surface area contributed by atoms with Crippen LogP contribution in [0.4, 0.5) is 13.6 Å². The molecule has 4 heterocycles. The Hall–Kier alpha value is -4.76. The minimum absolute atomic E-state index is 0.0215. The van der Waals surface area contributed by atoms with Crippen LogP contribution in [0.25, 0.3) is 33.3 Å². The number of hydrogen-bond acceptors (Lipinski definition) is 7. The number of aromatic nitrogens is 4. The molecule has 1 aromatic carbocycles. The number of carbonyl (C=O) groups excluding carboxylic acids is 1. The maximum absolute atomic E-state index is 15.7. The normalized spacial score (nSPS) is 14.9. The lowest BCUT2D eigenvalue weighted by Crippen LogP contribution is -2.44.